The molecule has 0 saturated carbocycles. The number of nitrogens with one attached hydrogen (secondary N) is 2. The fraction of sp³-hybridized carbons (Fsp3) is 0.222. The topological polar surface area (TPSA) is 114 Å². The van der Waals surface area contributed by atoms with E-state index in [0.29, 0.717) is 26.6 Å². The van der Waals surface area contributed by atoms with Crippen LogP contribution in [0.3, 0.4) is 0 Å². The van der Waals surface area contributed by atoms with Gasteiger partial charge >= 0.3 is 0 Å². The third-order valence-electron chi connectivity index (χ3n) is 4.34. The molecule has 0 unspecified atom stereocenters. The van der Waals surface area contributed by atoms with E-state index >= 15 is 0 Å². The van der Waals surface area contributed by atoms with Crippen molar-refractivity contribution in [1.29, 1.82) is 0 Å². The molecule has 7 nitrogen and oxygen atoms in total. The number of carbonyl (C=O) groups is 2. The number of nitrogens with two attached hydrogens (primary N) is 1. The fourth-order valence-corrected chi connectivity index (χ4v) is 5.13. The number of aromatic amines is 1. The maximum Gasteiger partial charge on any atom is 0.251 e. The number of primary amides is 1. The lowest BCUT2D eigenvalue weighted by Gasteiger charge is -2.05. The van der Waals surface area contributed by atoms with Gasteiger partial charge in [-0.3, -0.25) is 14.7 Å². The zero-order chi connectivity index (χ0) is 19.7. The van der Waals surface area contributed by atoms with Crippen LogP contribution in [0.4, 0.5) is 5.00 Å². The molecule has 0 aliphatic heterocycles. The molecule has 4 N–H and O–H groups in total. The van der Waals surface area contributed by atoms with E-state index in [2.05, 4.69) is 20.5 Å². The number of hydrogen-bond donors (Lipinski definition) is 3. The minimum absolute atomic E-state index is 0.124. The Labute approximate surface area is 174 Å². The summed E-state index contributed by atoms with van der Waals surface area (Å²) in [6, 6.07) is 7.22. The minimum atomic E-state index is -0.496. The van der Waals surface area contributed by atoms with Gasteiger partial charge in [-0.15, -0.1) is 16.4 Å². The average Bonchev–Trinajstić information content (AvgIpc) is 3.36. The lowest BCUT2D eigenvalue weighted by molar-refractivity contribution is -0.113. The van der Waals surface area contributed by atoms with Gasteiger partial charge in [0.1, 0.15) is 5.00 Å². The van der Waals surface area contributed by atoms with E-state index in [4.69, 9.17) is 17.3 Å². The van der Waals surface area contributed by atoms with E-state index in [1.807, 2.05) is 12.1 Å². The van der Waals surface area contributed by atoms with Crippen molar-refractivity contribution in [2.75, 3.05) is 11.1 Å². The van der Waals surface area contributed by atoms with Gasteiger partial charge < -0.3 is 11.1 Å². The maximum absolute atomic E-state index is 12.3. The van der Waals surface area contributed by atoms with Crippen LogP contribution in [0.5, 0.6) is 0 Å². The van der Waals surface area contributed by atoms with Crippen LogP contribution in [0, 0.1) is 0 Å². The highest BCUT2D eigenvalue weighted by Crippen LogP contribution is 2.38. The third kappa shape index (κ3) is 3.91. The van der Waals surface area contributed by atoms with Gasteiger partial charge in [-0.1, -0.05) is 23.4 Å². The molecule has 1 aromatic carbocycles. The Kier molecular flexibility index (Phi) is 5.38. The molecule has 0 saturated heterocycles. The van der Waals surface area contributed by atoms with Crippen LogP contribution in [0.1, 0.15) is 27.2 Å². The number of fused-ring (bicyclic) bond motifs is 1. The molecule has 0 bridgehead atoms. The molecule has 0 atom stereocenters. The minimum Gasteiger partial charge on any atom is -0.365 e. The smallest absolute Gasteiger partial charge is 0.251 e. The zero-order valence-electron chi connectivity index (χ0n) is 14.6. The van der Waals surface area contributed by atoms with Gasteiger partial charge in [0.05, 0.1) is 11.3 Å². The first-order valence-electron chi connectivity index (χ1n) is 8.56. The summed E-state index contributed by atoms with van der Waals surface area (Å²) in [5.74, 6) is -0.00180. The van der Waals surface area contributed by atoms with E-state index in [9.17, 15) is 9.59 Å². The second kappa shape index (κ2) is 7.94. The highest BCUT2D eigenvalue weighted by Gasteiger charge is 2.26. The van der Waals surface area contributed by atoms with Crippen molar-refractivity contribution in [3.8, 4) is 11.4 Å². The molecule has 2 aromatic heterocycles. The van der Waals surface area contributed by atoms with Crippen molar-refractivity contribution >= 4 is 51.5 Å². The van der Waals surface area contributed by atoms with Gasteiger partial charge in [0.15, 0.2) is 5.82 Å². The van der Waals surface area contributed by atoms with Crippen LogP contribution in [0.15, 0.2) is 29.4 Å². The summed E-state index contributed by atoms with van der Waals surface area (Å²) in [4.78, 5) is 29.7. The Balaban J connectivity index is 1.39. The SMILES string of the molecule is NC(=O)c1c(NC(=O)CSc2n[nH]c(-c3ccc(Cl)cc3)n2)sc2c1CCC2. The molecule has 10 heteroatoms. The maximum atomic E-state index is 12.3. The fourth-order valence-electron chi connectivity index (χ4n) is 3.09. The molecule has 0 radical (unpaired) electrons. The monoisotopic (exact) mass is 433 g/mol. The number of anilines is 1. The van der Waals surface area contributed by atoms with E-state index in [1.54, 1.807) is 12.1 Å². The Morgan fingerprint density at radius 1 is 1.29 bits per heavy atom. The largest absolute Gasteiger partial charge is 0.365 e. The predicted octanol–water partition coefficient (Wildman–Crippen LogP) is 3.51. The second-order valence-corrected chi connectivity index (χ2v) is 8.72. The molecule has 3 aromatic rings. The summed E-state index contributed by atoms with van der Waals surface area (Å²) in [6.45, 7) is 0. The molecule has 0 spiro atoms. The lowest BCUT2D eigenvalue weighted by atomic mass is 10.1. The molecular formula is C18H16ClN5O2S2. The van der Waals surface area contributed by atoms with E-state index in [-0.39, 0.29) is 11.7 Å². The Morgan fingerprint density at radius 3 is 2.82 bits per heavy atom. The number of halogens is 1. The average molecular weight is 434 g/mol. The van der Waals surface area contributed by atoms with Gasteiger partial charge in [0.25, 0.3) is 5.91 Å². The van der Waals surface area contributed by atoms with Crippen LogP contribution in [-0.2, 0) is 17.6 Å². The Bertz CT molecular complexity index is 1040. The van der Waals surface area contributed by atoms with Gasteiger partial charge in [-0.2, -0.15) is 0 Å². The molecule has 2 heterocycles. The highest BCUT2D eigenvalue weighted by molar-refractivity contribution is 7.99. The number of nitrogens with zero attached hydrogens (tertiary/aromatic N) is 2. The highest BCUT2D eigenvalue weighted by atomic mass is 35.5. The first-order valence-corrected chi connectivity index (χ1v) is 10.7. The van der Waals surface area contributed by atoms with Crippen LogP contribution in [0.2, 0.25) is 5.02 Å². The van der Waals surface area contributed by atoms with Crippen LogP contribution < -0.4 is 11.1 Å². The molecule has 1 aliphatic rings. The number of rotatable bonds is 6. The van der Waals surface area contributed by atoms with E-state index in [1.165, 1.54) is 23.1 Å². The van der Waals surface area contributed by atoms with Gasteiger partial charge in [0.2, 0.25) is 11.1 Å². The number of benzene rings is 1. The van der Waals surface area contributed by atoms with Crippen LogP contribution in [0.25, 0.3) is 11.4 Å². The van der Waals surface area contributed by atoms with Gasteiger partial charge in [-0.05, 0) is 49.1 Å². The number of aryl methyl sites for hydroxylation is 1. The summed E-state index contributed by atoms with van der Waals surface area (Å²) in [6.07, 6.45) is 2.78. The molecule has 28 heavy (non-hydrogen) atoms. The third-order valence-corrected chi connectivity index (χ3v) is 6.64. The molecule has 144 valence electrons. The van der Waals surface area contributed by atoms with Gasteiger partial charge in [0, 0.05) is 15.5 Å². The quantitative estimate of drug-likeness (QED) is 0.515. The summed E-state index contributed by atoms with van der Waals surface area (Å²) in [5, 5.41) is 11.4. The second-order valence-electron chi connectivity index (χ2n) is 6.24. The standard InChI is InChI=1S/C18H16ClN5O2S2/c19-10-6-4-9(5-7-10)16-22-18(24-23-16)27-8-13(25)21-17-14(15(20)26)11-2-1-3-12(11)28-17/h4-7H,1-3,8H2,(H2,20,26)(H,21,25)(H,22,23,24). The molecular weight excluding hydrogens is 418 g/mol. The van der Waals surface area contributed by atoms with Crippen molar-refractivity contribution in [2.45, 2.75) is 24.4 Å². The number of aromatic nitrogens is 3. The summed E-state index contributed by atoms with van der Waals surface area (Å²) < 4.78 is 0. The summed E-state index contributed by atoms with van der Waals surface area (Å²) in [7, 11) is 0. The van der Waals surface area contributed by atoms with Crippen LogP contribution >= 0.6 is 34.7 Å². The predicted molar refractivity (Wildman–Crippen MR) is 111 cm³/mol. The van der Waals surface area contributed by atoms with Crippen molar-refractivity contribution in [3.63, 3.8) is 0 Å². The number of amides is 2. The van der Waals surface area contributed by atoms with E-state index in [0.717, 1.165) is 35.3 Å². The number of hydrogen-bond acceptors (Lipinski definition) is 6. The lowest BCUT2D eigenvalue weighted by Crippen LogP contribution is -2.18. The van der Waals surface area contributed by atoms with Crippen molar-refractivity contribution in [3.05, 3.63) is 45.3 Å². The Hall–Kier alpha value is -2.36. The number of H-pyrrole nitrogens is 1. The Morgan fingerprint density at radius 2 is 2.07 bits per heavy atom. The van der Waals surface area contributed by atoms with Crippen molar-refractivity contribution in [2.24, 2.45) is 5.73 Å². The van der Waals surface area contributed by atoms with Gasteiger partial charge in [-0.25, -0.2) is 4.98 Å². The van der Waals surface area contributed by atoms with Crippen molar-refractivity contribution in [1.82, 2.24) is 15.2 Å². The van der Waals surface area contributed by atoms with E-state index < -0.39 is 5.91 Å². The normalized spacial score (nSPS) is 12.8. The molecule has 2 amide bonds. The van der Waals surface area contributed by atoms with Crippen LogP contribution in [-0.4, -0.2) is 32.7 Å². The van der Waals surface area contributed by atoms with Crippen molar-refractivity contribution < 1.29 is 9.59 Å². The summed E-state index contributed by atoms with van der Waals surface area (Å²) >= 11 is 8.53. The first kappa shape index (κ1) is 19.0. The molecule has 4 rings (SSSR count). The number of thioether (sulfide) groups is 1. The summed E-state index contributed by atoms with van der Waals surface area (Å²) in [5.41, 5.74) is 7.82. The first-order chi connectivity index (χ1) is 13.5. The zero-order valence-corrected chi connectivity index (χ0v) is 17.0. The molecule has 0 fully saturated rings. The number of carbonyl (C=O) groups excluding carboxylic acids is 2. The number of thiophene rings is 1. The molecule has 1 aliphatic carbocycles.